The van der Waals surface area contributed by atoms with E-state index in [4.69, 9.17) is 5.21 Å². The van der Waals surface area contributed by atoms with Gasteiger partial charge >= 0.3 is 0 Å². The Labute approximate surface area is 76.3 Å². The molecule has 0 aromatic heterocycles. The third-order valence-electron chi connectivity index (χ3n) is 2.14. The Balaban J connectivity index is 2.44. The van der Waals surface area contributed by atoms with Crippen LogP contribution in [0.1, 0.15) is 18.4 Å². The summed E-state index contributed by atoms with van der Waals surface area (Å²) in [6, 6.07) is 6.97. The average Bonchev–Trinajstić information content (AvgIpc) is 2.93. The first-order valence-electron chi connectivity index (χ1n) is 4.23. The number of nitrogens with one attached hydrogen (secondary N) is 1. The number of hydrogen-bond acceptors (Lipinski definition) is 3. The van der Waals surface area contributed by atoms with E-state index in [1.165, 1.54) is 0 Å². The zero-order valence-electron chi connectivity index (χ0n) is 7.12. The van der Waals surface area contributed by atoms with Crippen LogP contribution in [-0.2, 0) is 0 Å². The lowest BCUT2D eigenvalue weighted by Crippen LogP contribution is -2.05. The monoisotopic (exact) mass is 177 g/mol. The van der Waals surface area contributed by atoms with Crippen LogP contribution in [0.15, 0.2) is 29.8 Å². The topological polar surface area (TPSA) is 52.5 Å². The molecule has 3 heteroatoms. The van der Waals surface area contributed by atoms with Gasteiger partial charge in [-0.25, -0.2) is 0 Å². The van der Waals surface area contributed by atoms with Gasteiger partial charge < -0.3 is 5.11 Å². The van der Waals surface area contributed by atoms with E-state index in [2.05, 4.69) is 5.48 Å². The van der Waals surface area contributed by atoms with Crippen LogP contribution in [0.4, 0.5) is 0 Å². The van der Waals surface area contributed by atoms with Crippen molar-refractivity contribution in [3.63, 3.8) is 0 Å². The van der Waals surface area contributed by atoms with Crippen molar-refractivity contribution >= 4 is 5.70 Å². The lowest BCUT2D eigenvalue weighted by Gasteiger charge is -2.06. The fourth-order valence-corrected chi connectivity index (χ4v) is 1.33. The molecule has 0 heterocycles. The highest BCUT2D eigenvalue weighted by Crippen LogP contribution is 2.37. The van der Waals surface area contributed by atoms with Gasteiger partial charge in [-0.15, -0.1) is 0 Å². The summed E-state index contributed by atoms with van der Waals surface area (Å²) in [7, 11) is 0. The van der Waals surface area contributed by atoms with E-state index in [0.29, 0.717) is 11.3 Å². The molecule has 1 aliphatic carbocycles. The minimum atomic E-state index is 0.193. The number of allylic oxidation sites excluding steroid dienone is 1. The molecular weight excluding hydrogens is 166 g/mol. The Kier molecular flexibility index (Phi) is 1.94. The first-order chi connectivity index (χ1) is 6.33. The summed E-state index contributed by atoms with van der Waals surface area (Å²) in [5, 5.41) is 18.4. The van der Waals surface area contributed by atoms with Crippen molar-refractivity contribution in [2.75, 3.05) is 0 Å². The second-order valence-corrected chi connectivity index (χ2v) is 3.11. The molecule has 0 amide bonds. The highest BCUT2D eigenvalue weighted by Gasteiger charge is 2.20. The van der Waals surface area contributed by atoms with Crippen LogP contribution >= 0.6 is 0 Å². The SMILES string of the molecule is ONC(=C1CC1)c1ccccc1O. The fraction of sp³-hybridized carbons (Fsp3) is 0.200. The smallest absolute Gasteiger partial charge is 0.124 e. The molecule has 1 aromatic carbocycles. The van der Waals surface area contributed by atoms with Crippen molar-refractivity contribution < 1.29 is 10.3 Å². The Morgan fingerprint density at radius 1 is 1.23 bits per heavy atom. The second kappa shape index (κ2) is 3.11. The van der Waals surface area contributed by atoms with E-state index in [1.807, 2.05) is 6.07 Å². The molecule has 68 valence electrons. The van der Waals surface area contributed by atoms with Crippen LogP contribution in [0.25, 0.3) is 5.70 Å². The molecule has 1 aromatic rings. The van der Waals surface area contributed by atoms with Crippen LogP contribution < -0.4 is 5.48 Å². The van der Waals surface area contributed by atoms with Gasteiger partial charge in [0.25, 0.3) is 0 Å². The van der Waals surface area contributed by atoms with Gasteiger partial charge in [-0.1, -0.05) is 12.1 Å². The summed E-state index contributed by atoms with van der Waals surface area (Å²) in [5.74, 6) is 0.193. The van der Waals surface area contributed by atoms with Gasteiger partial charge in [0.2, 0.25) is 0 Å². The van der Waals surface area contributed by atoms with Gasteiger partial charge in [-0.3, -0.25) is 10.7 Å². The van der Waals surface area contributed by atoms with Gasteiger partial charge in [0, 0.05) is 5.56 Å². The maximum atomic E-state index is 9.50. The molecule has 0 bridgehead atoms. The number of rotatable bonds is 2. The van der Waals surface area contributed by atoms with E-state index in [1.54, 1.807) is 18.2 Å². The van der Waals surface area contributed by atoms with Crippen LogP contribution in [0.3, 0.4) is 0 Å². The molecule has 0 aliphatic heterocycles. The van der Waals surface area contributed by atoms with Gasteiger partial charge in [0.05, 0.1) is 5.70 Å². The number of aromatic hydroxyl groups is 1. The molecule has 0 atom stereocenters. The maximum Gasteiger partial charge on any atom is 0.124 e. The Morgan fingerprint density at radius 3 is 2.46 bits per heavy atom. The summed E-state index contributed by atoms with van der Waals surface area (Å²) in [6.07, 6.45) is 1.99. The number of hydroxylamine groups is 1. The minimum Gasteiger partial charge on any atom is -0.507 e. The zero-order chi connectivity index (χ0) is 9.26. The van der Waals surface area contributed by atoms with Crippen LogP contribution in [0.5, 0.6) is 5.75 Å². The van der Waals surface area contributed by atoms with Crippen LogP contribution in [0, 0.1) is 0 Å². The third-order valence-corrected chi connectivity index (χ3v) is 2.14. The van der Waals surface area contributed by atoms with Crippen molar-refractivity contribution in [1.82, 2.24) is 5.48 Å². The molecular formula is C10H11NO2. The molecule has 0 unspecified atom stereocenters. The maximum absolute atomic E-state index is 9.50. The summed E-state index contributed by atoms with van der Waals surface area (Å²) in [6.45, 7) is 0. The number of phenols is 1. The lowest BCUT2D eigenvalue weighted by molar-refractivity contribution is 0.224. The third kappa shape index (κ3) is 1.51. The summed E-state index contributed by atoms with van der Waals surface area (Å²) in [4.78, 5) is 0. The standard InChI is InChI=1S/C10H11NO2/c12-9-4-2-1-3-8(9)10(11-13)7-5-6-7/h1-4,11-13H,5-6H2. The van der Waals surface area contributed by atoms with Crippen molar-refractivity contribution in [1.29, 1.82) is 0 Å². The number of para-hydroxylation sites is 1. The van der Waals surface area contributed by atoms with Gasteiger partial charge in [0.15, 0.2) is 0 Å². The van der Waals surface area contributed by atoms with E-state index in [9.17, 15) is 5.11 Å². The van der Waals surface area contributed by atoms with Crippen molar-refractivity contribution in [3.8, 4) is 5.75 Å². The van der Waals surface area contributed by atoms with E-state index >= 15 is 0 Å². The molecule has 3 nitrogen and oxygen atoms in total. The minimum absolute atomic E-state index is 0.193. The van der Waals surface area contributed by atoms with Crippen molar-refractivity contribution in [3.05, 3.63) is 35.4 Å². The Bertz CT molecular complexity index is 352. The van der Waals surface area contributed by atoms with E-state index in [0.717, 1.165) is 18.4 Å². The van der Waals surface area contributed by atoms with Crippen LogP contribution in [-0.4, -0.2) is 10.3 Å². The first-order valence-corrected chi connectivity index (χ1v) is 4.23. The number of phenolic OH excluding ortho intramolecular Hbond substituents is 1. The average molecular weight is 177 g/mol. The summed E-state index contributed by atoms with van der Waals surface area (Å²) < 4.78 is 0. The van der Waals surface area contributed by atoms with Gasteiger partial charge in [-0.2, -0.15) is 0 Å². The predicted octanol–water partition coefficient (Wildman–Crippen LogP) is 1.88. The Hall–Kier alpha value is -1.48. The Morgan fingerprint density at radius 2 is 1.92 bits per heavy atom. The zero-order valence-corrected chi connectivity index (χ0v) is 7.12. The molecule has 0 spiro atoms. The van der Waals surface area contributed by atoms with Crippen LogP contribution in [0.2, 0.25) is 0 Å². The quantitative estimate of drug-likeness (QED) is 0.604. The number of benzene rings is 1. The van der Waals surface area contributed by atoms with E-state index in [-0.39, 0.29) is 5.75 Å². The molecule has 0 radical (unpaired) electrons. The number of hydrogen-bond donors (Lipinski definition) is 3. The molecule has 1 aliphatic rings. The van der Waals surface area contributed by atoms with Gasteiger partial charge in [0.1, 0.15) is 5.75 Å². The molecule has 0 saturated heterocycles. The van der Waals surface area contributed by atoms with Crippen molar-refractivity contribution in [2.45, 2.75) is 12.8 Å². The second-order valence-electron chi connectivity index (χ2n) is 3.11. The summed E-state index contributed by atoms with van der Waals surface area (Å²) in [5.41, 5.74) is 4.61. The van der Waals surface area contributed by atoms with E-state index < -0.39 is 0 Å². The van der Waals surface area contributed by atoms with Gasteiger partial charge in [-0.05, 0) is 30.5 Å². The molecule has 3 N–H and O–H groups in total. The largest absolute Gasteiger partial charge is 0.507 e. The summed E-state index contributed by atoms with van der Waals surface area (Å²) >= 11 is 0. The molecule has 2 rings (SSSR count). The molecule has 1 fully saturated rings. The highest BCUT2D eigenvalue weighted by molar-refractivity contribution is 5.72. The molecule has 13 heavy (non-hydrogen) atoms. The molecule has 1 saturated carbocycles. The van der Waals surface area contributed by atoms with Crippen molar-refractivity contribution in [2.24, 2.45) is 0 Å². The predicted molar refractivity (Wildman–Crippen MR) is 49.2 cm³/mol. The normalized spacial score (nSPS) is 14.1. The first kappa shape index (κ1) is 8.13. The highest BCUT2D eigenvalue weighted by atomic mass is 16.5. The fourth-order valence-electron chi connectivity index (χ4n) is 1.33. The lowest BCUT2D eigenvalue weighted by atomic mass is 10.1.